The van der Waals surface area contributed by atoms with Gasteiger partial charge in [0.05, 0.1) is 0 Å². The van der Waals surface area contributed by atoms with Crippen LogP contribution in [0.25, 0.3) is 0 Å². The van der Waals surface area contributed by atoms with E-state index < -0.39 is 17.2 Å². The van der Waals surface area contributed by atoms with Gasteiger partial charge in [0.15, 0.2) is 0 Å². The summed E-state index contributed by atoms with van der Waals surface area (Å²) in [6.45, 7) is 4.29. The number of urea groups is 1. The van der Waals surface area contributed by atoms with Gasteiger partial charge >= 0.3 is 12.2 Å². The molecule has 1 N–H and O–H groups in total. The highest BCUT2D eigenvalue weighted by atomic mass is 32.1. The lowest BCUT2D eigenvalue weighted by Gasteiger charge is -2.23. The Morgan fingerprint density at radius 1 is 1.23 bits per heavy atom. The van der Waals surface area contributed by atoms with Gasteiger partial charge in [0.1, 0.15) is 0 Å². The van der Waals surface area contributed by atoms with Crippen LogP contribution in [0.4, 0.5) is 28.8 Å². The monoisotopic (exact) mass is 386 g/mol. The van der Waals surface area contributed by atoms with Crippen LogP contribution in [-0.2, 0) is 6.18 Å². The van der Waals surface area contributed by atoms with Crippen LogP contribution in [0.2, 0.25) is 0 Å². The van der Waals surface area contributed by atoms with E-state index in [0.29, 0.717) is 31.0 Å². The highest BCUT2D eigenvalue weighted by molar-refractivity contribution is 7.15. The summed E-state index contributed by atoms with van der Waals surface area (Å²) in [7, 11) is 0. The molecule has 0 aromatic carbocycles. The first kappa shape index (κ1) is 18.4. The molecule has 0 saturated carbocycles. The Morgan fingerprint density at radius 2 is 2.04 bits per heavy atom. The maximum atomic E-state index is 12.6. The summed E-state index contributed by atoms with van der Waals surface area (Å²) >= 11 is 0.313. The summed E-state index contributed by atoms with van der Waals surface area (Å²) in [5.41, 5.74) is 1.96. The van der Waals surface area contributed by atoms with Crippen molar-refractivity contribution in [2.24, 2.45) is 0 Å². The lowest BCUT2D eigenvalue weighted by atomic mass is 10.3. The van der Waals surface area contributed by atoms with Crippen LogP contribution >= 0.6 is 11.3 Å². The second-order valence-corrected chi connectivity index (χ2v) is 6.80. The Labute approximate surface area is 151 Å². The van der Waals surface area contributed by atoms with Gasteiger partial charge in [-0.25, -0.2) is 4.79 Å². The van der Waals surface area contributed by atoms with Crippen molar-refractivity contribution in [3.05, 3.63) is 29.0 Å². The molecule has 2 aromatic rings. The van der Waals surface area contributed by atoms with E-state index in [4.69, 9.17) is 0 Å². The number of carbonyl (C=O) groups is 1. The number of aromatic nitrogens is 3. The number of anilines is 2. The number of hydrogen-bond acceptors (Lipinski definition) is 6. The standard InChI is InChI=1S/C15H17F3N6OS/c1-10-9-11(3-4-19-10)23-5-2-6-24(8-7-23)14(25)20-13-22-21-12(26-13)15(16,17)18/h3-4,9H,2,5-8H2,1H3,(H,20,22,25). The van der Waals surface area contributed by atoms with E-state index >= 15 is 0 Å². The molecule has 26 heavy (non-hydrogen) atoms. The SMILES string of the molecule is Cc1cc(N2CCCN(C(=O)Nc3nnc(C(F)(F)F)s3)CC2)ccn1. The van der Waals surface area contributed by atoms with E-state index in [0.717, 1.165) is 24.3 Å². The number of amides is 2. The van der Waals surface area contributed by atoms with Crippen LogP contribution in [0.15, 0.2) is 18.3 Å². The molecule has 1 fully saturated rings. The number of halogens is 3. The van der Waals surface area contributed by atoms with Crippen molar-refractivity contribution in [3.63, 3.8) is 0 Å². The number of pyridine rings is 1. The van der Waals surface area contributed by atoms with Gasteiger partial charge < -0.3 is 9.80 Å². The molecule has 0 bridgehead atoms. The topological polar surface area (TPSA) is 74.2 Å². The second-order valence-electron chi connectivity index (χ2n) is 5.82. The Bertz CT molecular complexity index is 781. The third kappa shape index (κ3) is 4.40. The molecule has 3 rings (SSSR count). The van der Waals surface area contributed by atoms with Crippen LogP contribution in [0.1, 0.15) is 17.1 Å². The van der Waals surface area contributed by atoms with Crippen molar-refractivity contribution in [3.8, 4) is 0 Å². The molecule has 1 aliphatic rings. The van der Waals surface area contributed by atoms with Crippen molar-refractivity contribution in [1.82, 2.24) is 20.1 Å². The fourth-order valence-corrected chi connectivity index (χ4v) is 3.27. The summed E-state index contributed by atoms with van der Waals surface area (Å²) in [4.78, 5) is 20.2. The lowest BCUT2D eigenvalue weighted by molar-refractivity contribution is -0.138. The molecular formula is C15H17F3N6OS. The van der Waals surface area contributed by atoms with Gasteiger partial charge in [-0.05, 0) is 25.5 Å². The first-order chi connectivity index (χ1) is 12.3. The van der Waals surface area contributed by atoms with E-state index in [1.165, 1.54) is 0 Å². The summed E-state index contributed by atoms with van der Waals surface area (Å²) < 4.78 is 37.7. The molecular weight excluding hydrogens is 369 g/mol. The molecule has 1 aliphatic heterocycles. The third-order valence-corrected chi connectivity index (χ3v) is 4.79. The predicted octanol–water partition coefficient (Wildman–Crippen LogP) is 3.00. The molecule has 140 valence electrons. The molecule has 0 aliphatic carbocycles. The van der Waals surface area contributed by atoms with Crippen molar-refractivity contribution in [2.75, 3.05) is 36.4 Å². The number of hydrogen-bond donors (Lipinski definition) is 1. The van der Waals surface area contributed by atoms with Crippen LogP contribution in [0.5, 0.6) is 0 Å². The first-order valence-corrected chi connectivity index (χ1v) is 8.79. The van der Waals surface area contributed by atoms with Crippen LogP contribution in [0, 0.1) is 6.92 Å². The number of nitrogens with one attached hydrogen (secondary N) is 1. The average Bonchev–Trinajstić information content (AvgIpc) is 2.91. The molecule has 11 heteroatoms. The van der Waals surface area contributed by atoms with Gasteiger partial charge in [-0.3, -0.25) is 10.3 Å². The maximum Gasteiger partial charge on any atom is 0.445 e. The minimum atomic E-state index is -4.56. The number of rotatable bonds is 2. The minimum absolute atomic E-state index is 0.159. The van der Waals surface area contributed by atoms with Crippen LogP contribution in [-0.4, -0.2) is 52.3 Å². The van der Waals surface area contributed by atoms with Crippen LogP contribution < -0.4 is 10.2 Å². The highest BCUT2D eigenvalue weighted by Crippen LogP contribution is 2.33. The third-order valence-electron chi connectivity index (χ3n) is 3.91. The molecule has 2 amide bonds. The summed E-state index contributed by atoms with van der Waals surface area (Å²) in [6.07, 6.45) is -2.07. The van der Waals surface area contributed by atoms with Crippen molar-refractivity contribution >= 4 is 28.2 Å². The number of carbonyl (C=O) groups excluding carboxylic acids is 1. The van der Waals surface area contributed by atoms with E-state index in [2.05, 4.69) is 25.4 Å². The summed E-state index contributed by atoms with van der Waals surface area (Å²) in [5.74, 6) is 0. The molecule has 2 aromatic heterocycles. The molecule has 3 heterocycles. The maximum absolute atomic E-state index is 12.6. The van der Waals surface area contributed by atoms with Crippen molar-refractivity contribution in [2.45, 2.75) is 19.5 Å². The normalized spacial score (nSPS) is 15.7. The van der Waals surface area contributed by atoms with Crippen LogP contribution in [0.3, 0.4) is 0 Å². The van der Waals surface area contributed by atoms with Gasteiger partial charge in [-0.2, -0.15) is 13.2 Å². The lowest BCUT2D eigenvalue weighted by Crippen LogP contribution is -2.38. The summed E-state index contributed by atoms with van der Waals surface area (Å²) in [6, 6.07) is 3.43. The zero-order chi connectivity index (χ0) is 18.7. The van der Waals surface area contributed by atoms with E-state index in [9.17, 15) is 18.0 Å². The van der Waals surface area contributed by atoms with Crippen molar-refractivity contribution in [1.29, 1.82) is 0 Å². The number of nitrogens with zero attached hydrogens (tertiary/aromatic N) is 5. The van der Waals surface area contributed by atoms with Gasteiger partial charge in [0.25, 0.3) is 0 Å². The quantitative estimate of drug-likeness (QED) is 0.859. The second kappa shape index (κ2) is 7.44. The molecule has 0 radical (unpaired) electrons. The average molecular weight is 386 g/mol. The molecule has 0 spiro atoms. The van der Waals surface area contributed by atoms with Gasteiger partial charge in [0, 0.05) is 43.8 Å². The fraction of sp³-hybridized carbons (Fsp3) is 0.467. The van der Waals surface area contributed by atoms with E-state index in [1.807, 2.05) is 19.1 Å². The zero-order valence-corrected chi connectivity index (χ0v) is 14.8. The fourth-order valence-electron chi connectivity index (χ4n) is 2.66. The molecule has 1 saturated heterocycles. The number of aryl methyl sites for hydroxylation is 1. The van der Waals surface area contributed by atoms with E-state index in [-0.39, 0.29) is 5.13 Å². The number of alkyl halides is 3. The molecule has 0 unspecified atom stereocenters. The Kier molecular flexibility index (Phi) is 5.25. The molecule has 7 nitrogen and oxygen atoms in total. The molecule has 0 atom stereocenters. The van der Waals surface area contributed by atoms with Gasteiger partial charge in [-0.1, -0.05) is 11.3 Å². The Morgan fingerprint density at radius 3 is 2.73 bits per heavy atom. The highest BCUT2D eigenvalue weighted by Gasteiger charge is 2.36. The smallest absolute Gasteiger partial charge is 0.370 e. The summed E-state index contributed by atoms with van der Waals surface area (Å²) in [5, 5.41) is 7.61. The minimum Gasteiger partial charge on any atom is -0.370 e. The van der Waals surface area contributed by atoms with E-state index in [1.54, 1.807) is 11.1 Å². The van der Waals surface area contributed by atoms with Gasteiger partial charge in [-0.15, -0.1) is 10.2 Å². The van der Waals surface area contributed by atoms with Gasteiger partial charge in [0.2, 0.25) is 10.1 Å². The Hall–Kier alpha value is -2.43. The Balaban J connectivity index is 1.60. The largest absolute Gasteiger partial charge is 0.445 e. The zero-order valence-electron chi connectivity index (χ0n) is 14.0. The predicted molar refractivity (Wildman–Crippen MR) is 91.3 cm³/mol. The first-order valence-electron chi connectivity index (χ1n) is 7.97. The van der Waals surface area contributed by atoms with Crippen molar-refractivity contribution < 1.29 is 18.0 Å².